The second-order valence-electron chi connectivity index (χ2n) is 7.07. The Balaban J connectivity index is 1.78. The predicted octanol–water partition coefficient (Wildman–Crippen LogP) is 4.69. The second-order valence-corrected chi connectivity index (χ2v) is 8.16. The van der Waals surface area contributed by atoms with Gasteiger partial charge in [0.15, 0.2) is 0 Å². The fraction of sp³-hybridized carbons (Fsp3) is 0.368. The number of nitrogens with one attached hydrogen (secondary N) is 2. The van der Waals surface area contributed by atoms with Gasteiger partial charge in [-0.15, -0.1) is 11.3 Å². The van der Waals surface area contributed by atoms with Crippen LogP contribution in [-0.2, 0) is 0 Å². The maximum absolute atomic E-state index is 4.69. The van der Waals surface area contributed by atoms with Gasteiger partial charge in [-0.25, -0.2) is 9.97 Å². The van der Waals surface area contributed by atoms with Crippen LogP contribution in [0.1, 0.15) is 38.5 Å². The molecule has 4 nitrogen and oxygen atoms in total. The topological polar surface area (TPSA) is 49.8 Å². The van der Waals surface area contributed by atoms with Crippen LogP contribution in [0.2, 0.25) is 0 Å². The molecule has 126 valence electrons. The molecule has 1 unspecified atom stereocenters. The first-order valence-corrected chi connectivity index (χ1v) is 8.96. The smallest absolute Gasteiger partial charge is 0.223 e. The van der Waals surface area contributed by atoms with Crippen molar-refractivity contribution in [3.63, 3.8) is 0 Å². The highest BCUT2D eigenvalue weighted by Gasteiger charge is 2.29. The van der Waals surface area contributed by atoms with Gasteiger partial charge < -0.3 is 10.6 Å². The summed E-state index contributed by atoms with van der Waals surface area (Å²) < 4.78 is 0. The van der Waals surface area contributed by atoms with E-state index in [9.17, 15) is 0 Å². The number of hydrogen-bond acceptors (Lipinski definition) is 5. The van der Waals surface area contributed by atoms with E-state index >= 15 is 0 Å². The molecule has 2 aromatic heterocycles. The maximum Gasteiger partial charge on any atom is 0.223 e. The molecule has 5 heteroatoms. The van der Waals surface area contributed by atoms with E-state index in [1.54, 1.807) is 11.3 Å². The quantitative estimate of drug-likeness (QED) is 0.847. The molecule has 0 bridgehead atoms. The van der Waals surface area contributed by atoms with Crippen LogP contribution in [0, 0.1) is 0 Å². The van der Waals surface area contributed by atoms with Crippen molar-refractivity contribution in [3.05, 3.63) is 48.1 Å². The Hall–Kier alpha value is -2.14. The summed E-state index contributed by atoms with van der Waals surface area (Å²) in [6, 6.07) is 6.43. The molecule has 2 N–H and O–H groups in total. The minimum Gasteiger partial charge on any atom is -0.384 e. The fourth-order valence-corrected chi connectivity index (χ4v) is 4.02. The van der Waals surface area contributed by atoms with Crippen LogP contribution in [0.5, 0.6) is 0 Å². The van der Waals surface area contributed by atoms with Gasteiger partial charge in [-0.05, 0) is 51.0 Å². The first-order valence-electron chi connectivity index (χ1n) is 8.14. The van der Waals surface area contributed by atoms with Crippen LogP contribution in [0.15, 0.2) is 43.3 Å². The van der Waals surface area contributed by atoms with E-state index in [2.05, 4.69) is 54.8 Å². The summed E-state index contributed by atoms with van der Waals surface area (Å²) in [5.74, 6) is 0.674. The van der Waals surface area contributed by atoms with Crippen molar-refractivity contribution in [2.24, 2.45) is 0 Å². The lowest BCUT2D eigenvalue weighted by molar-refractivity contribution is 0.324. The van der Waals surface area contributed by atoms with Gasteiger partial charge in [0, 0.05) is 34.8 Å². The second kappa shape index (κ2) is 6.40. The van der Waals surface area contributed by atoms with E-state index in [4.69, 9.17) is 4.98 Å². The van der Waals surface area contributed by atoms with Crippen LogP contribution in [0.3, 0.4) is 0 Å². The average Bonchev–Trinajstić information content (AvgIpc) is 2.95. The summed E-state index contributed by atoms with van der Waals surface area (Å²) in [7, 11) is 0. The highest BCUT2D eigenvalue weighted by molar-refractivity contribution is 7.16. The molecule has 0 aliphatic carbocycles. The molecule has 2 aromatic rings. The van der Waals surface area contributed by atoms with Crippen molar-refractivity contribution in [3.8, 4) is 10.6 Å². The molecule has 0 radical (unpaired) electrons. The normalized spacial score (nSPS) is 19.6. The van der Waals surface area contributed by atoms with Gasteiger partial charge in [0.2, 0.25) is 5.95 Å². The SMILES string of the molecule is C=C1CC(Nc2nccc(-c3ccc(C(=C)C)s3)n2)CC(C)(C)N1. The van der Waals surface area contributed by atoms with E-state index in [0.717, 1.165) is 34.7 Å². The lowest BCUT2D eigenvalue weighted by Gasteiger charge is -2.38. The molecule has 1 aliphatic heterocycles. The summed E-state index contributed by atoms with van der Waals surface area (Å²) in [5, 5.41) is 6.91. The van der Waals surface area contributed by atoms with E-state index in [1.807, 2.05) is 19.2 Å². The van der Waals surface area contributed by atoms with E-state index in [0.29, 0.717) is 12.0 Å². The summed E-state index contributed by atoms with van der Waals surface area (Å²) >= 11 is 1.71. The minimum atomic E-state index is 0.0365. The third kappa shape index (κ3) is 3.85. The van der Waals surface area contributed by atoms with Crippen molar-refractivity contribution in [2.45, 2.75) is 45.2 Å². The molecular weight excluding hydrogens is 316 g/mol. The van der Waals surface area contributed by atoms with Crippen molar-refractivity contribution >= 4 is 22.9 Å². The summed E-state index contributed by atoms with van der Waals surface area (Å²) in [6.07, 6.45) is 3.69. The monoisotopic (exact) mass is 340 g/mol. The molecule has 3 rings (SSSR count). The zero-order valence-corrected chi connectivity index (χ0v) is 15.3. The van der Waals surface area contributed by atoms with Gasteiger partial charge in [0.05, 0.1) is 10.6 Å². The van der Waals surface area contributed by atoms with Crippen molar-refractivity contribution in [1.29, 1.82) is 0 Å². The summed E-state index contributed by atoms with van der Waals surface area (Å²) in [6.45, 7) is 14.5. The van der Waals surface area contributed by atoms with E-state index in [1.165, 1.54) is 4.88 Å². The molecular formula is C19H24N4S. The van der Waals surface area contributed by atoms with E-state index in [-0.39, 0.29) is 5.54 Å². The molecule has 0 aromatic carbocycles. The molecule has 1 atom stereocenters. The number of nitrogens with zero attached hydrogens (tertiary/aromatic N) is 2. The molecule has 3 heterocycles. The zero-order chi connectivity index (χ0) is 17.3. The maximum atomic E-state index is 4.69. The van der Waals surface area contributed by atoms with Crippen molar-refractivity contribution < 1.29 is 0 Å². The predicted molar refractivity (Wildman–Crippen MR) is 103 cm³/mol. The number of thiophene rings is 1. The highest BCUT2D eigenvalue weighted by Crippen LogP contribution is 2.31. The minimum absolute atomic E-state index is 0.0365. The Kier molecular flexibility index (Phi) is 4.45. The molecule has 1 aliphatic rings. The first kappa shape index (κ1) is 16.7. The molecule has 0 amide bonds. The molecule has 24 heavy (non-hydrogen) atoms. The third-order valence-corrected chi connectivity index (χ3v) is 5.30. The van der Waals surface area contributed by atoms with Crippen molar-refractivity contribution in [2.75, 3.05) is 5.32 Å². The van der Waals surface area contributed by atoms with Crippen LogP contribution in [0.25, 0.3) is 16.1 Å². The van der Waals surface area contributed by atoms with Gasteiger partial charge in [-0.2, -0.15) is 0 Å². The Morgan fingerprint density at radius 2 is 2.17 bits per heavy atom. The number of anilines is 1. The first-order chi connectivity index (χ1) is 11.3. The summed E-state index contributed by atoms with van der Waals surface area (Å²) in [5.41, 5.74) is 3.12. The van der Waals surface area contributed by atoms with Gasteiger partial charge >= 0.3 is 0 Å². The van der Waals surface area contributed by atoms with Crippen LogP contribution in [0.4, 0.5) is 5.95 Å². The van der Waals surface area contributed by atoms with Crippen molar-refractivity contribution in [1.82, 2.24) is 15.3 Å². The largest absolute Gasteiger partial charge is 0.384 e. The number of aromatic nitrogens is 2. The highest BCUT2D eigenvalue weighted by atomic mass is 32.1. The average molecular weight is 340 g/mol. The number of rotatable bonds is 4. The lowest BCUT2D eigenvalue weighted by Crippen LogP contribution is -2.48. The van der Waals surface area contributed by atoms with Gasteiger partial charge in [0.1, 0.15) is 0 Å². The molecule has 0 saturated carbocycles. The standard InChI is InChI=1S/C19H24N4S/c1-12(2)16-6-7-17(24-16)15-8-9-20-18(22-15)21-14-10-13(3)23-19(4,5)11-14/h6-9,14,23H,1,3,10-11H2,2,4-5H3,(H,20,21,22). The zero-order valence-electron chi connectivity index (χ0n) is 14.5. The van der Waals surface area contributed by atoms with Gasteiger partial charge in [-0.1, -0.05) is 13.2 Å². The van der Waals surface area contributed by atoms with Crippen LogP contribution >= 0.6 is 11.3 Å². The van der Waals surface area contributed by atoms with Gasteiger partial charge in [-0.3, -0.25) is 0 Å². The number of allylic oxidation sites excluding steroid dienone is 1. The van der Waals surface area contributed by atoms with Crippen LogP contribution in [-0.4, -0.2) is 21.5 Å². The fourth-order valence-electron chi connectivity index (χ4n) is 3.12. The van der Waals surface area contributed by atoms with Gasteiger partial charge in [0.25, 0.3) is 0 Å². The Labute approximate surface area is 147 Å². The number of hydrogen-bond donors (Lipinski definition) is 2. The van der Waals surface area contributed by atoms with E-state index < -0.39 is 0 Å². The lowest BCUT2D eigenvalue weighted by atomic mass is 9.88. The Morgan fingerprint density at radius 3 is 2.83 bits per heavy atom. The molecule has 1 saturated heterocycles. The number of piperidine rings is 1. The Bertz CT molecular complexity index is 775. The van der Waals surface area contributed by atoms with Crippen LogP contribution < -0.4 is 10.6 Å². The Morgan fingerprint density at radius 1 is 1.38 bits per heavy atom. The summed E-state index contributed by atoms with van der Waals surface area (Å²) in [4.78, 5) is 11.4. The molecule has 1 fully saturated rings. The third-order valence-electron chi connectivity index (χ3n) is 4.03. The molecule has 0 spiro atoms.